The molecule has 0 aliphatic heterocycles. The third-order valence-corrected chi connectivity index (χ3v) is 3.87. The third kappa shape index (κ3) is 3.31. The van der Waals surface area contributed by atoms with Crippen LogP contribution < -0.4 is 0 Å². The molecule has 2 rings (SSSR count). The molecule has 102 valence electrons. The number of carbonyl (C=O) groups is 1. The Labute approximate surface area is 124 Å². The van der Waals surface area contributed by atoms with E-state index in [-0.39, 0.29) is 22.1 Å². The van der Waals surface area contributed by atoms with Crippen molar-refractivity contribution in [3.63, 3.8) is 0 Å². The van der Waals surface area contributed by atoms with Crippen LogP contribution in [0, 0.1) is 17.0 Å². The molecule has 0 saturated heterocycles. The molecule has 0 amide bonds. The van der Waals surface area contributed by atoms with Gasteiger partial charge in [-0.1, -0.05) is 11.6 Å². The van der Waals surface area contributed by atoms with Crippen molar-refractivity contribution in [1.29, 1.82) is 0 Å². The average Bonchev–Trinajstić information content (AvgIpc) is 2.82. The SMILES string of the molecule is Cc1ccc(/C=C/C(=O)c2ccc(Cl)c([N+](=O)[O-])c2)s1. The maximum Gasteiger partial charge on any atom is 0.288 e. The number of allylic oxidation sites excluding steroid dienone is 1. The minimum atomic E-state index is -0.606. The molecular formula is C14H10ClNO3S. The van der Waals surface area contributed by atoms with Crippen LogP contribution in [-0.2, 0) is 0 Å². The van der Waals surface area contributed by atoms with Gasteiger partial charge in [-0.3, -0.25) is 14.9 Å². The van der Waals surface area contributed by atoms with E-state index >= 15 is 0 Å². The van der Waals surface area contributed by atoms with E-state index in [0.29, 0.717) is 0 Å². The molecule has 0 unspecified atom stereocenters. The fourth-order valence-electron chi connectivity index (χ4n) is 1.60. The van der Waals surface area contributed by atoms with Crippen LogP contribution in [0.2, 0.25) is 5.02 Å². The summed E-state index contributed by atoms with van der Waals surface area (Å²) in [6.07, 6.45) is 3.10. The molecular weight excluding hydrogens is 298 g/mol. The first-order valence-electron chi connectivity index (χ1n) is 5.70. The van der Waals surface area contributed by atoms with Gasteiger partial charge in [0.1, 0.15) is 5.02 Å². The molecule has 0 fully saturated rings. The van der Waals surface area contributed by atoms with Crippen LogP contribution in [0.4, 0.5) is 5.69 Å². The Morgan fingerprint density at radius 1 is 1.35 bits per heavy atom. The molecule has 2 aromatic rings. The van der Waals surface area contributed by atoms with Crippen molar-refractivity contribution in [2.24, 2.45) is 0 Å². The number of benzene rings is 1. The van der Waals surface area contributed by atoms with Crippen LogP contribution in [-0.4, -0.2) is 10.7 Å². The van der Waals surface area contributed by atoms with E-state index in [9.17, 15) is 14.9 Å². The Morgan fingerprint density at radius 2 is 2.10 bits per heavy atom. The highest BCUT2D eigenvalue weighted by Gasteiger charge is 2.14. The minimum absolute atomic E-state index is 0.0180. The number of thiophene rings is 1. The lowest BCUT2D eigenvalue weighted by molar-refractivity contribution is -0.384. The third-order valence-electron chi connectivity index (χ3n) is 2.59. The number of aryl methyl sites for hydroxylation is 1. The van der Waals surface area contributed by atoms with E-state index in [2.05, 4.69) is 0 Å². The summed E-state index contributed by atoms with van der Waals surface area (Å²) in [5.74, 6) is -0.296. The highest BCUT2D eigenvalue weighted by molar-refractivity contribution is 7.12. The van der Waals surface area contributed by atoms with Gasteiger partial charge < -0.3 is 0 Å². The number of ketones is 1. The molecule has 0 N–H and O–H groups in total. The summed E-state index contributed by atoms with van der Waals surface area (Å²) in [5, 5.41) is 10.8. The van der Waals surface area contributed by atoms with Crippen molar-refractivity contribution in [2.45, 2.75) is 6.92 Å². The largest absolute Gasteiger partial charge is 0.289 e. The zero-order chi connectivity index (χ0) is 14.7. The lowest BCUT2D eigenvalue weighted by atomic mass is 10.1. The summed E-state index contributed by atoms with van der Waals surface area (Å²) in [7, 11) is 0. The number of hydrogen-bond acceptors (Lipinski definition) is 4. The molecule has 0 atom stereocenters. The van der Waals surface area contributed by atoms with Gasteiger partial charge in [-0.2, -0.15) is 0 Å². The van der Waals surface area contributed by atoms with Crippen LogP contribution in [0.3, 0.4) is 0 Å². The maximum absolute atomic E-state index is 12.0. The molecule has 1 heterocycles. The number of nitro groups is 1. The number of nitro benzene ring substituents is 1. The van der Waals surface area contributed by atoms with E-state index < -0.39 is 4.92 Å². The predicted octanol–water partition coefficient (Wildman–Crippen LogP) is 4.51. The molecule has 0 aliphatic rings. The van der Waals surface area contributed by atoms with Crippen LogP contribution in [0.15, 0.2) is 36.4 Å². The van der Waals surface area contributed by atoms with Gasteiger partial charge in [0.05, 0.1) is 4.92 Å². The number of nitrogens with zero attached hydrogens (tertiary/aromatic N) is 1. The van der Waals surface area contributed by atoms with Gasteiger partial charge in [-0.25, -0.2) is 0 Å². The van der Waals surface area contributed by atoms with Crippen LogP contribution in [0.25, 0.3) is 6.08 Å². The van der Waals surface area contributed by atoms with Crippen LogP contribution in [0.5, 0.6) is 0 Å². The Kier molecular flexibility index (Phi) is 4.32. The Morgan fingerprint density at radius 3 is 2.70 bits per heavy atom. The Balaban J connectivity index is 2.23. The predicted molar refractivity (Wildman–Crippen MR) is 80.5 cm³/mol. The average molecular weight is 308 g/mol. The van der Waals surface area contributed by atoms with E-state index in [1.54, 1.807) is 17.4 Å². The first-order valence-corrected chi connectivity index (χ1v) is 6.89. The van der Waals surface area contributed by atoms with Gasteiger partial charge in [0.2, 0.25) is 0 Å². The quantitative estimate of drug-likeness (QED) is 0.361. The normalized spacial score (nSPS) is 10.9. The fraction of sp³-hybridized carbons (Fsp3) is 0.0714. The summed E-state index contributed by atoms with van der Waals surface area (Å²) in [6.45, 7) is 1.98. The fourth-order valence-corrected chi connectivity index (χ4v) is 2.57. The highest BCUT2D eigenvalue weighted by Crippen LogP contribution is 2.25. The van der Waals surface area contributed by atoms with Gasteiger partial charge in [-0.05, 0) is 43.3 Å². The summed E-state index contributed by atoms with van der Waals surface area (Å²) in [4.78, 5) is 24.2. The monoisotopic (exact) mass is 307 g/mol. The number of hydrogen-bond donors (Lipinski definition) is 0. The van der Waals surface area contributed by atoms with Crippen LogP contribution in [0.1, 0.15) is 20.1 Å². The first kappa shape index (κ1) is 14.4. The zero-order valence-electron chi connectivity index (χ0n) is 10.5. The van der Waals surface area contributed by atoms with Gasteiger partial charge >= 0.3 is 0 Å². The molecule has 1 aromatic carbocycles. The maximum atomic E-state index is 12.0. The lowest BCUT2D eigenvalue weighted by Gasteiger charge is -1.98. The molecule has 0 radical (unpaired) electrons. The van der Waals surface area contributed by atoms with Crippen molar-refractivity contribution in [2.75, 3.05) is 0 Å². The van der Waals surface area contributed by atoms with Gasteiger partial charge in [0.15, 0.2) is 5.78 Å². The second kappa shape index (κ2) is 5.98. The van der Waals surface area contributed by atoms with Crippen molar-refractivity contribution < 1.29 is 9.72 Å². The second-order valence-electron chi connectivity index (χ2n) is 4.07. The molecule has 0 aliphatic carbocycles. The smallest absolute Gasteiger partial charge is 0.288 e. The van der Waals surface area contributed by atoms with Gasteiger partial charge in [0, 0.05) is 21.4 Å². The van der Waals surface area contributed by atoms with E-state index in [1.165, 1.54) is 24.3 Å². The molecule has 0 spiro atoms. The molecule has 1 aromatic heterocycles. The molecule has 0 saturated carbocycles. The van der Waals surface area contributed by atoms with E-state index in [0.717, 1.165) is 9.75 Å². The van der Waals surface area contributed by atoms with Crippen molar-refractivity contribution in [1.82, 2.24) is 0 Å². The summed E-state index contributed by atoms with van der Waals surface area (Å²) >= 11 is 7.27. The number of rotatable bonds is 4. The first-order chi connectivity index (χ1) is 9.47. The Hall–Kier alpha value is -1.98. The molecule has 20 heavy (non-hydrogen) atoms. The number of carbonyl (C=O) groups excluding carboxylic acids is 1. The van der Waals surface area contributed by atoms with E-state index in [4.69, 9.17) is 11.6 Å². The van der Waals surface area contributed by atoms with Gasteiger partial charge in [-0.15, -0.1) is 11.3 Å². The molecule has 4 nitrogen and oxygen atoms in total. The van der Waals surface area contributed by atoms with E-state index in [1.807, 2.05) is 19.1 Å². The molecule has 0 bridgehead atoms. The second-order valence-corrected chi connectivity index (χ2v) is 5.80. The highest BCUT2D eigenvalue weighted by atomic mass is 35.5. The summed E-state index contributed by atoms with van der Waals surface area (Å²) in [5.41, 5.74) is -0.0245. The summed E-state index contributed by atoms with van der Waals surface area (Å²) < 4.78 is 0. The summed E-state index contributed by atoms with van der Waals surface area (Å²) in [6, 6.07) is 7.89. The minimum Gasteiger partial charge on any atom is -0.289 e. The zero-order valence-corrected chi connectivity index (χ0v) is 12.1. The van der Waals surface area contributed by atoms with Gasteiger partial charge in [0.25, 0.3) is 5.69 Å². The van der Waals surface area contributed by atoms with Crippen molar-refractivity contribution >= 4 is 40.5 Å². The topological polar surface area (TPSA) is 60.2 Å². The van der Waals surface area contributed by atoms with Crippen molar-refractivity contribution in [3.8, 4) is 0 Å². The molecule has 6 heteroatoms. The lowest BCUT2D eigenvalue weighted by Crippen LogP contribution is -1.97. The van der Waals surface area contributed by atoms with Crippen LogP contribution >= 0.6 is 22.9 Å². The Bertz CT molecular complexity index is 706. The number of halogens is 1. The standard InChI is InChI=1S/C14H10ClNO3S/c1-9-2-4-11(20-9)5-7-14(17)10-3-6-12(15)13(8-10)16(18)19/h2-8H,1H3/b7-5+. The van der Waals surface area contributed by atoms with Crippen molar-refractivity contribution in [3.05, 3.63) is 66.9 Å².